The highest BCUT2D eigenvalue weighted by Gasteiger charge is 2.29. The zero-order valence-corrected chi connectivity index (χ0v) is 30.1. The molecule has 0 saturated carbocycles. The van der Waals surface area contributed by atoms with Crippen LogP contribution in [0.1, 0.15) is 159 Å². The molecule has 2 N–H and O–H groups in total. The van der Waals surface area contributed by atoms with E-state index in [1.165, 1.54) is 6.92 Å². The van der Waals surface area contributed by atoms with Crippen LogP contribution in [0.25, 0.3) is 0 Å². The van der Waals surface area contributed by atoms with E-state index in [1.807, 2.05) is 83.1 Å². The summed E-state index contributed by atoms with van der Waals surface area (Å²) in [5, 5.41) is 21.8. The molecule has 0 atom stereocenters. The van der Waals surface area contributed by atoms with Crippen LogP contribution in [-0.4, -0.2) is 40.0 Å². The molecule has 0 saturated heterocycles. The third-order valence-electron chi connectivity index (χ3n) is 7.80. The predicted octanol–water partition coefficient (Wildman–Crippen LogP) is 8.35. The second-order valence-electron chi connectivity index (χ2n) is 16.2. The van der Waals surface area contributed by atoms with Gasteiger partial charge in [-0.3, -0.25) is 19.2 Å². The number of phenols is 2. The number of hydrogen-bond acceptors (Lipinski definition) is 8. The Hall–Kier alpha value is -3.68. The Morgan fingerprint density at radius 2 is 0.761 bits per heavy atom. The van der Waals surface area contributed by atoms with Gasteiger partial charge in [0.05, 0.1) is 12.8 Å². The summed E-state index contributed by atoms with van der Waals surface area (Å²) in [5.74, 6) is -1.61. The van der Waals surface area contributed by atoms with Crippen molar-refractivity contribution in [3.05, 3.63) is 57.6 Å². The van der Waals surface area contributed by atoms with E-state index in [4.69, 9.17) is 9.47 Å². The molecular formula is C38H54O8. The van der Waals surface area contributed by atoms with Crippen LogP contribution in [0.3, 0.4) is 0 Å². The lowest BCUT2D eigenvalue weighted by molar-refractivity contribution is -0.184. The Labute approximate surface area is 274 Å². The first-order valence-electron chi connectivity index (χ1n) is 15.9. The maximum atomic E-state index is 13.1. The van der Waals surface area contributed by atoms with E-state index in [0.717, 1.165) is 0 Å². The summed E-state index contributed by atoms with van der Waals surface area (Å²) < 4.78 is 10.4. The second-order valence-corrected chi connectivity index (χ2v) is 16.2. The molecule has 0 bridgehead atoms. The Kier molecular flexibility index (Phi) is 11.7. The Balaban J connectivity index is 2.01. The van der Waals surface area contributed by atoms with Crippen LogP contribution < -0.4 is 0 Å². The summed E-state index contributed by atoms with van der Waals surface area (Å²) in [4.78, 5) is 51.2. The van der Waals surface area contributed by atoms with Crippen molar-refractivity contribution >= 4 is 23.5 Å². The average Bonchev–Trinajstić information content (AvgIpc) is 2.87. The van der Waals surface area contributed by atoms with E-state index < -0.39 is 39.9 Å². The molecule has 0 aromatic heterocycles. The molecule has 0 heterocycles. The normalized spacial score (nSPS) is 12.7. The van der Waals surface area contributed by atoms with Gasteiger partial charge in [-0.2, -0.15) is 0 Å². The summed E-state index contributed by atoms with van der Waals surface area (Å²) in [6.07, 6.45) is -1.88. The predicted molar refractivity (Wildman–Crippen MR) is 180 cm³/mol. The number of benzene rings is 2. The molecule has 2 aromatic rings. The van der Waals surface area contributed by atoms with Crippen molar-refractivity contribution < 1.29 is 38.9 Å². The van der Waals surface area contributed by atoms with Crippen LogP contribution in [0.2, 0.25) is 0 Å². The molecule has 2 aromatic carbocycles. The highest BCUT2D eigenvalue weighted by molar-refractivity contribution is 5.99. The largest absolute Gasteiger partial charge is 0.507 e. The minimum absolute atomic E-state index is 0.119. The zero-order chi connectivity index (χ0) is 35.6. The van der Waals surface area contributed by atoms with E-state index in [0.29, 0.717) is 33.4 Å². The zero-order valence-electron chi connectivity index (χ0n) is 30.1. The summed E-state index contributed by atoms with van der Waals surface area (Å²) in [5.41, 5.74) is 1.80. The van der Waals surface area contributed by atoms with Crippen molar-refractivity contribution in [3.8, 4) is 11.5 Å². The molecule has 0 aliphatic carbocycles. The number of hydrogen-bond donors (Lipinski definition) is 2. The van der Waals surface area contributed by atoms with Crippen LogP contribution in [0.5, 0.6) is 11.5 Å². The number of ketones is 2. The van der Waals surface area contributed by atoms with Crippen molar-refractivity contribution in [1.29, 1.82) is 0 Å². The van der Waals surface area contributed by atoms with Gasteiger partial charge in [-0.05, 0) is 45.9 Å². The molecule has 8 heteroatoms. The molecule has 0 aliphatic heterocycles. The second kappa shape index (κ2) is 14.0. The third-order valence-corrected chi connectivity index (χ3v) is 7.80. The first-order chi connectivity index (χ1) is 20.7. The quantitative estimate of drug-likeness (QED) is 0.151. The molecule has 0 aliphatic rings. The van der Waals surface area contributed by atoms with Crippen LogP contribution in [0.4, 0.5) is 0 Å². The van der Waals surface area contributed by atoms with Gasteiger partial charge >= 0.3 is 11.9 Å². The Bertz CT molecular complexity index is 1290. The van der Waals surface area contributed by atoms with E-state index in [-0.39, 0.29) is 48.7 Å². The number of esters is 2. The first kappa shape index (κ1) is 38.5. The molecule has 2 rings (SSSR count). The van der Waals surface area contributed by atoms with Gasteiger partial charge in [-0.1, -0.05) is 83.1 Å². The van der Waals surface area contributed by atoms with Crippen molar-refractivity contribution in [1.82, 2.24) is 0 Å². The van der Waals surface area contributed by atoms with Gasteiger partial charge in [0.2, 0.25) is 6.29 Å². The highest BCUT2D eigenvalue weighted by atomic mass is 16.7. The van der Waals surface area contributed by atoms with E-state index in [2.05, 4.69) is 0 Å². The monoisotopic (exact) mass is 638 g/mol. The molecule has 0 amide bonds. The maximum absolute atomic E-state index is 13.1. The smallest absolute Gasteiger partial charge is 0.309 e. The van der Waals surface area contributed by atoms with Crippen LogP contribution in [0.15, 0.2) is 24.3 Å². The van der Waals surface area contributed by atoms with Gasteiger partial charge < -0.3 is 19.7 Å². The molecular weight excluding hydrogens is 584 g/mol. The Morgan fingerprint density at radius 1 is 0.522 bits per heavy atom. The third kappa shape index (κ3) is 10.2. The first-order valence-corrected chi connectivity index (χ1v) is 15.9. The van der Waals surface area contributed by atoms with Crippen molar-refractivity contribution in [2.45, 2.75) is 144 Å². The average molecular weight is 639 g/mol. The molecule has 46 heavy (non-hydrogen) atoms. The van der Waals surface area contributed by atoms with Crippen molar-refractivity contribution in [2.75, 3.05) is 0 Å². The number of rotatable bonds is 10. The molecule has 254 valence electrons. The molecule has 8 nitrogen and oxygen atoms in total. The van der Waals surface area contributed by atoms with Gasteiger partial charge in [-0.25, -0.2) is 0 Å². The van der Waals surface area contributed by atoms with Gasteiger partial charge in [0, 0.05) is 53.1 Å². The SMILES string of the molecule is CC(OC(=O)CCC(=O)c1cc(C(C)(C)C)c(O)c(C(C)(C)C)c1)OC(=O)CCC(=O)c1cc(C(C)(C)C)c(O)c(C(C)(C)C)c1. The number of Topliss-reactive ketones (excluding diaryl/α,β-unsaturated/α-hetero) is 2. The molecule has 0 fully saturated rings. The summed E-state index contributed by atoms with van der Waals surface area (Å²) in [7, 11) is 0. The lowest BCUT2D eigenvalue weighted by Crippen LogP contribution is -2.23. The van der Waals surface area contributed by atoms with Crippen molar-refractivity contribution in [2.24, 2.45) is 0 Å². The van der Waals surface area contributed by atoms with E-state index >= 15 is 0 Å². The van der Waals surface area contributed by atoms with Gasteiger partial charge in [0.1, 0.15) is 11.5 Å². The fourth-order valence-electron chi connectivity index (χ4n) is 5.11. The maximum Gasteiger partial charge on any atom is 0.309 e. The van der Waals surface area contributed by atoms with E-state index in [1.54, 1.807) is 24.3 Å². The number of phenolic OH excluding ortho intramolecular Hbond substituents is 2. The standard InChI is InChI=1S/C38H54O8/c1-22(45-31(41)16-14-29(39)23-18-25(35(2,3)4)33(43)26(19-23)36(5,6)7)46-32(42)17-15-30(40)24-20-27(37(8,9)10)34(44)28(21-24)38(11,12)13/h18-22,43-44H,14-17H2,1-13H3. The molecule has 0 unspecified atom stereocenters. The van der Waals surface area contributed by atoms with Crippen molar-refractivity contribution in [3.63, 3.8) is 0 Å². The summed E-state index contributed by atoms with van der Waals surface area (Å²) in [6, 6.07) is 6.71. The fourth-order valence-corrected chi connectivity index (χ4v) is 5.11. The topological polar surface area (TPSA) is 127 Å². The lowest BCUT2D eigenvalue weighted by atomic mass is 9.78. The number of ether oxygens (including phenoxy) is 2. The molecule has 0 radical (unpaired) electrons. The lowest BCUT2D eigenvalue weighted by Gasteiger charge is -2.28. The van der Waals surface area contributed by atoms with Gasteiger partial charge in [0.15, 0.2) is 11.6 Å². The van der Waals surface area contributed by atoms with Gasteiger partial charge in [0.25, 0.3) is 0 Å². The van der Waals surface area contributed by atoms with Crippen LogP contribution in [0, 0.1) is 0 Å². The van der Waals surface area contributed by atoms with Crippen LogP contribution in [-0.2, 0) is 40.7 Å². The molecule has 0 spiro atoms. The number of aromatic hydroxyl groups is 2. The van der Waals surface area contributed by atoms with Gasteiger partial charge in [-0.15, -0.1) is 0 Å². The minimum atomic E-state index is -1.20. The van der Waals surface area contributed by atoms with Crippen LogP contribution >= 0.6 is 0 Å². The summed E-state index contributed by atoms with van der Waals surface area (Å²) >= 11 is 0. The minimum Gasteiger partial charge on any atom is -0.507 e. The Morgan fingerprint density at radius 3 is 0.978 bits per heavy atom. The number of carbonyl (C=O) groups excluding carboxylic acids is 4. The highest BCUT2D eigenvalue weighted by Crippen LogP contribution is 2.41. The number of carbonyl (C=O) groups is 4. The fraction of sp³-hybridized carbons (Fsp3) is 0.579. The van der Waals surface area contributed by atoms with E-state index in [9.17, 15) is 29.4 Å². The summed E-state index contributed by atoms with van der Waals surface area (Å²) in [6.45, 7) is 24.9.